The van der Waals surface area contributed by atoms with Gasteiger partial charge in [0.1, 0.15) is 17.3 Å². The van der Waals surface area contributed by atoms with Crippen LogP contribution < -0.4 is 14.8 Å². The van der Waals surface area contributed by atoms with Crippen molar-refractivity contribution in [2.75, 3.05) is 19.5 Å². The van der Waals surface area contributed by atoms with Crippen LogP contribution in [0, 0.1) is 0 Å². The fourth-order valence-electron chi connectivity index (χ4n) is 3.04. The van der Waals surface area contributed by atoms with E-state index < -0.39 is 0 Å². The molecule has 4 aromatic rings. The molecule has 29 heavy (non-hydrogen) atoms. The zero-order chi connectivity index (χ0) is 20.4. The fourth-order valence-corrected chi connectivity index (χ4v) is 3.88. The van der Waals surface area contributed by atoms with Gasteiger partial charge in [0.25, 0.3) is 0 Å². The van der Waals surface area contributed by atoms with Crippen LogP contribution in [0.4, 0.5) is 5.82 Å². The van der Waals surface area contributed by atoms with Crippen molar-refractivity contribution in [1.29, 1.82) is 0 Å². The number of hydrogen-bond donors (Lipinski definition) is 1. The predicted octanol–water partition coefficient (Wildman–Crippen LogP) is 4.95. The van der Waals surface area contributed by atoms with Crippen molar-refractivity contribution in [3.05, 3.63) is 63.4 Å². The average molecular weight is 519 g/mol. The number of benzene rings is 1. The van der Waals surface area contributed by atoms with Crippen LogP contribution >= 0.6 is 31.9 Å². The van der Waals surface area contributed by atoms with E-state index in [1.54, 1.807) is 31.1 Å². The van der Waals surface area contributed by atoms with Gasteiger partial charge in [-0.05, 0) is 55.6 Å². The van der Waals surface area contributed by atoms with Gasteiger partial charge in [0.2, 0.25) is 0 Å². The third-order valence-electron chi connectivity index (χ3n) is 4.38. The van der Waals surface area contributed by atoms with Crippen molar-refractivity contribution in [2.45, 2.75) is 6.54 Å². The summed E-state index contributed by atoms with van der Waals surface area (Å²) in [6.07, 6.45) is 5.30. The molecule has 0 spiro atoms. The predicted molar refractivity (Wildman–Crippen MR) is 118 cm³/mol. The lowest BCUT2D eigenvalue weighted by Crippen LogP contribution is -2.07. The Labute approximate surface area is 184 Å². The number of rotatable bonds is 6. The Morgan fingerprint density at radius 1 is 1.07 bits per heavy atom. The molecule has 9 heteroatoms. The third kappa shape index (κ3) is 3.79. The second kappa shape index (κ2) is 8.38. The van der Waals surface area contributed by atoms with E-state index in [-0.39, 0.29) is 0 Å². The number of nitrogens with one attached hydrogen (secondary N) is 1. The molecule has 0 atom stereocenters. The maximum atomic E-state index is 5.64. The van der Waals surface area contributed by atoms with E-state index in [4.69, 9.17) is 14.5 Å². The average Bonchev–Trinajstić information content (AvgIpc) is 3.13. The summed E-state index contributed by atoms with van der Waals surface area (Å²) in [7, 11) is 3.25. The van der Waals surface area contributed by atoms with Crippen LogP contribution in [0.25, 0.3) is 16.9 Å². The first-order valence-corrected chi connectivity index (χ1v) is 10.3. The van der Waals surface area contributed by atoms with Crippen LogP contribution in [-0.2, 0) is 6.54 Å². The molecule has 0 amide bonds. The van der Waals surface area contributed by atoms with Gasteiger partial charge in [-0.1, -0.05) is 6.07 Å². The normalized spacial score (nSPS) is 10.9. The number of nitrogens with zero attached hydrogens (tertiary/aromatic N) is 4. The summed E-state index contributed by atoms with van der Waals surface area (Å²) < 4.78 is 14.6. The monoisotopic (exact) mass is 517 g/mol. The summed E-state index contributed by atoms with van der Waals surface area (Å²) >= 11 is 7.08. The number of hydrogen-bond acceptors (Lipinski definition) is 6. The van der Waals surface area contributed by atoms with E-state index in [1.165, 1.54) is 0 Å². The highest BCUT2D eigenvalue weighted by molar-refractivity contribution is 9.11. The van der Waals surface area contributed by atoms with Gasteiger partial charge in [-0.3, -0.25) is 4.98 Å². The molecule has 0 aliphatic heterocycles. The number of ether oxygens (including phenoxy) is 2. The molecule has 3 heterocycles. The molecule has 0 fully saturated rings. The quantitative estimate of drug-likeness (QED) is 0.389. The first kappa shape index (κ1) is 19.7. The van der Waals surface area contributed by atoms with Crippen LogP contribution in [0.2, 0.25) is 0 Å². The number of methoxy groups -OCH3 is 2. The van der Waals surface area contributed by atoms with Gasteiger partial charge in [-0.15, -0.1) is 0 Å². The highest BCUT2D eigenvalue weighted by atomic mass is 79.9. The number of anilines is 1. The first-order chi connectivity index (χ1) is 14.1. The number of halogens is 2. The lowest BCUT2D eigenvalue weighted by Gasteiger charge is -2.16. The van der Waals surface area contributed by atoms with Gasteiger partial charge >= 0.3 is 0 Å². The Morgan fingerprint density at radius 3 is 2.66 bits per heavy atom. The van der Waals surface area contributed by atoms with Gasteiger partial charge in [0, 0.05) is 25.0 Å². The molecule has 0 aliphatic carbocycles. The number of fused-ring (bicyclic) bond motifs is 1. The van der Waals surface area contributed by atoms with E-state index in [2.05, 4.69) is 47.3 Å². The van der Waals surface area contributed by atoms with E-state index in [0.717, 1.165) is 25.9 Å². The van der Waals surface area contributed by atoms with E-state index >= 15 is 0 Å². The van der Waals surface area contributed by atoms with Gasteiger partial charge in [0.15, 0.2) is 5.65 Å². The zero-order valence-electron chi connectivity index (χ0n) is 15.7. The molecule has 0 saturated carbocycles. The Morgan fingerprint density at radius 2 is 1.93 bits per heavy atom. The highest BCUT2D eigenvalue weighted by Gasteiger charge is 2.20. The van der Waals surface area contributed by atoms with Crippen molar-refractivity contribution in [2.24, 2.45) is 0 Å². The molecule has 0 unspecified atom stereocenters. The van der Waals surface area contributed by atoms with Crippen molar-refractivity contribution < 1.29 is 9.47 Å². The standard InChI is InChI=1S/C20H17Br2N5O2/c1-28-16-6-5-13(21)19(29-2)18(16)15-8-17(24-10-12-4-3-7-23-9-12)27-20(26-15)14(22)11-25-27/h3-9,11,24H,10H2,1-2H3. The number of pyridine rings is 1. The Kier molecular flexibility index (Phi) is 5.68. The van der Waals surface area contributed by atoms with Crippen molar-refractivity contribution >= 4 is 43.3 Å². The summed E-state index contributed by atoms with van der Waals surface area (Å²) in [5.41, 5.74) is 3.19. The molecule has 7 nitrogen and oxygen atoms in total. The van der Waals surface area contributed by atoms with Gasteiger partial charge in [0.05, 0.1) is 40.6 Å². The summed E-state index contributed by atoms with van der Waals surface area (Å²) in [6, 6.07) is 9.61. The molecule has 1 aromatic carbocycles. The third-order valence-corrected chi connectivity index (χ3v) is 5.56. The minimum absolute atomic E-state index is 0.594. The molecule has 3 aromatic heterocycles. The second-order valence-corrected chi connectivity index (χ2v) is 7.84. The van der Waals surface area contributed by atoms with Gasteiger partial charge in [-0.25, -0.2) is 4.98 Å². The second-order valence-electron chi connectivity index (χ2n) is 6.13. The summed E-state index contributed by atoms with van der Waals surface area (Å²) in [6.45, 7) is 0.594. The van der Waals surface area contributed by atoms with Crippen molar-refractivity contribution in [3.8, 4) is 22.8 Å². The Balaban J connectivity index is 1.87. The molecule has 148 valence electrons. The maximum absolute atomic E-state index is 5.64. The molecule has 1 N–H and O–H groups in total. The molecule has 0 bridgehead atoms. The smallest absolute Gasteiger partial charge is 0.172 e. The minimum Gasteiger partial charge on any atom is -0.496 e. The van der Waals surface area contributed by atoms with E-state index in [0.29, 0.717) is 29.4 Å². The van der Waals surface area contributed by atoms with Gasteiger partial charge < -0.3 is 14.8 Å². The lowest BCUT2D eigenvalue weighted by molar-refractivity contribution is 0.395. The molecular formula is C20H17Br2N5O2. The maximum Gasteiger partial charge on any atom is 0.172 e. The Hall–Kier alpha value is -2.65. The molecular weight excluding hydrogens is 502 g/mol. The largest absolute Gasteiger partial charge is 0.496 e. The molecule has 0 radical (unpaired) electrons. The van der Waals surface area contributed by atoms with Crippen molar-refractivity contribution in [3.63, 3.8) is 0 Å². The minimum atomic E-state index is 0.594. The van der Waals surface area contributed by atoms with Crippen LogP contribution in [0.1, 0.15) is 5.56 Å². The zero-order valence-corrected chi connectivity index (χ0v) is 18.9. The highest BCUT2D eigenvalue weighted by Crippen LogP contribution is 2.43. The van der Waals surface area contributed by atoms with E-state index in [1.807, 2.05) is 36.5 Å². The molecule has 0 saturated heterocycles. The summed E-state index contributed by atoms with van der Waals surface area (Å²) in [5, 5.41) is 7.85. The lowest BCUT2D eigenvalue weighted by atomic mass is 10.1. The summed E-state index contributed by atoms with van der Waals surface area (Å²) in [4.78, 5) is 8.96. The van der Waals surface area contributed by atoms with Crippen LogP contribution in [0.3, 0.4) is 0 Å². The van der Waals surface area contributed by atoms with Gasteiger partial charge in [-0.2, -0.15) is 9.61 Å². The first-order valence-electron chi connectivity index (χ1n) is 8.70. The fraction of sp³-hybridized carbons (Fsp3) is 0.150. The molecule has 0 aliphatic rings. The summed E-state index contributed by atoms with van der Waals surface area (Å²) in [5.74, 6) is 2.09. The van der Waals surface area contributed by atoms with Crippen molar-refractivity contribution in [1.82, 2.24) is 19.6 Å². The Bertz CT molecular complexity index is 1160. The van der Waals surface area contributed by atoms with E-state index in [9.17, 15) is 0 Å². The number of aromatic nitrogens is 4. The van der Waals surface area contributed by atoms with Crippen LogP contribution in [0.5, 0.6) is 11.5 Å². The topological polar surface area (TPSA) is 73.6 Å². The van der Waals surface area contributed by atoms with Crippen LogP contribution in [0.15, 0.2) is 57.9 Å². The molecule has 4 rings (SSSR count). The van der Waals surface area contributed by atoms with Crippen LogP contribution in [-0.4, -0.2) is 33.8 Å². The SMILES string of the molecule is COc1ccc(Br)c(OC)c1-c1cc(NCc2cccnc2)n2ncc(Br)c2n1.